The van der Waals surface area contributed by atoms with Crippen molar-refractivity contribution < 1.29 is 9.90 Å². The number of nitrogens with zero attached hydrogens (tertiary/aromatic N) is 2. The molecule has 1 N–H and O–H groups in total. The normalized spacial score (nSPS) is 15.8. The van der Waals surface area contributed by atoms with E-state index in [1.165, 1.54) is 4.57 Å². The molecular weight excluding hydrogens is 244 g/mol. The predicted molar refractivity (Wildman–Crippen MR) is 69.0 cm³/mol. The van der Waals surface area contributed by atoms with Crippen molar-refractivity contribution in [3.63, 3.8) is 0 Å². The summed E-state index contributed by atoms with van der Waals surface area (Å²) in [6.07, 6.45) is 2.25. The van der Waals surface area contributed by atoms with Crippen molar-refractivity contribution in [2.45, 2.75) is 39.7 Å². The summed E-state index contributed by atoms with van der Waals surface area (Å²) in [6, 6.07) is 3.86. The van der Waals surface area contributed by atoms with Crippen LogP contribution in [0.15, 0.2) is 10.9 Å². The van der Waals surface area contributed by atoms with E-state index in [1.54, 1.807) is 19.9 Å². The Morgan fingerprint density at radius 3 is 2.63 bits per heavy atom. The standard InChI is InChI=1S/C14H16N2O3/c1-9-7-10(2)16(12(17)11(9)13(18)19)8-14(3-4-14)5-6-15/h7H,3-5,8H2,1-2H3,(H,18,19). The predicted octanol–water partition coefficient (Wildman–Crippen LogP) is 1.86. The third-order valence-electron chi connectivity index (χ3n) is 3.82. The van der Waals surface area contributed by atoms with Crippen LogP contribution in [-0.4, -0.2) is 15.6 Å². The van der Waals surface area contributed by atoms with Gasteiger partial charge in [0.15, 0.2) is 0 Å². The number of carboxylic acids is 1. The monoisotopic (exact) mass is 260 g/mol. The van der Waals surface area contributed by atoms with E-state index in [0.29, 0.717) is 18.5 Å². The van der Waals surface area contributed by atoms with Crippen LogP contribution in [-0.2, 0) is 6.54 Å². The molecule has 1 aromatic heterocycles. The van der Waals surface area contributed by atoms with E-state index in [4.69, 9.17) is 10.4 Å². The molecule has 1 aliphatic carbocycles. The van der Waals surface area contributed by atoms with Gasteiger partial charge in [0.25, 0.3) is 5.56 Å². The van der Waals surface area contributed by atoms with Crippen LogP contribution in [0.4, 0.5) is 0 Å². The van der Waals surface area contributed by atoms with Gasteiger partial charge in [-0.3, -0.25) is 4.79 Å². The molecule has 0 radical (unpaired) electrons. The number of aromatic nitrogens is 1. The third kappa shape index (κ3) is 2.39. The maximum absolute atomic E-state index is 12.3. The molecule has 1 fully saturated rings. The first kappa shape index (κ1) is 13.3. The smallest absolute Gasteiger partial charge is 0.341 e. The fraction of sp³-hybridized carbons (Fsp3) is 0.500. The number of pyridine rings is 1. The summed E-state index contributed by atoms with van der Waals surface area (Å²) in [5, 5.41) is 17.9. The van der Waals surface area contributed by atoms with Crippen LogP contribution in [0.1, 0.15) is 40.9 Å². The molecule has 0 aromatic carbocycles. The van der Waals surface area contributed by atoms with Crippen molar-refractivity contribution in [2.24, 2.45) is 5.41 Å². The van der Waals surface area contributed by atoms with Gasteiger partial charge in [-0.25, -0.2) is 4.79 Å². The molecule has 0 amide bonds. The van der Waals surface area contributed by atoms with Gasteiger partial charge in [-0.05, 0) is 38.3 Å². The van der Waals surface area contributed by atoms with Gasteiger partial charge in [-0.15, -0.1) is 0 Å². The molecule has 0 aliphatic heterocycles. The second kappa shape index (κ2) is 4.54. The van der Waals surface area contributed by atoms with E-state index >= 15 is 0 Å². The summed E-state index contributed by atoms with van der Waals surface area (Å²) in [7, 11) is 0. The number of rotatable bonds is 4. The summed E-state index contributed by atoms with van der Waals surface area (Å²) >= 11 is 0. The zero-order valence-corrected chi connectivity index (χ0v) is 11.1. The molecule has 1 aliphatic rings. The lowest BCUT2D eigenvalue weighted by Crippen LogP contribution is -2.32. The fourth-order valence-corrected chi connectivity index (χ4v) is 2.45. The van der Waals surface area contributed by atoms with Gasteiger partial charge in [0.1, 0.15) is 5.56 Å². The highest BCUT2D eigenvalue weighted by atomic mass is 16.4. The third-order valence-corrected chi connectivity index (χ3v) is 3.82. The van der Waals surface area contributed by atoms with Crippen molar-refractivity contribution in [1.82, 2.24) is 4.57 Å². The topological polar surface area (TPSA) is 83.1 Å². The summed E-state index contributed by atoms with van der Waals surface area (Å²) in [4.78, 5) is 23.4. The average molecular weight is 260 g/mol. The Balaban J connectivity index is 2.47. The number of aromatic carboxylic acids is 1. The molecule has 100 valence electrons. The van der Waals surface area contributed by atoms with E-state index in [-0.39, 0.29) is 11.0 Å². The van der Waals surface area contributed by atoms with Gasteiger partial charge in [-0.2, -0.15) is 5.26 Å². The molecule has 0 spiro atoms. The molecule has 0 bridgehead atoms. The number of hydrogen-bond acceptors (Lipinski definition) is 3. The molecule has 19 heavy (non-hydrogen) atoms. The fourth-order valence-electron chi connectivity index (χ4n) is 2.45. The van der Waals surface area contributed by atoms with E-state index in [2.05, 4.69) is 6.07 Å². The number of nitriles is 1. The van der Waals surface area contributed by atoms with Crippen LogP contribution in [0.25, 0.3) is 0 Å². The minimum atomic E-state index is -1.19. The zero-order valence-electron chi connectivity index (χ0n) is 11.1. The first-order chi connectivity index (χ1) is 8.90. The quantitative estimate of drug-likeness (QED) is 0.895. The van der Waals surface area contributed by atoms with Crippen LogP contribution in [0.2, 0.25) is 0 Å². The first-order valence-corrected chi connectivity index (χ1v) is 6.21. The summed E-state index contributed by atoms with van der Waals surface area (Å²) in [5.74, 6) is -1.19. The van der Waals surface area contributed by atoms with E-state index in [0.717, 1.165) is 18.5 Å². The highest BCUT2D eigenvalue weighted by Crippen LogP contribution is 2.49. The second-order valence-corrected chi connectivity index (χ2v) is 5.38. The number of carboxylic acid groups (broad SMARTS) is 1. The number of hydrogen-bond donors (Lipinski definition) is 1. The van der Waals surface area contributed by atoms with E-state index in [9.17, 15) is 9.59 Å². The Morgan fingerprint density at radius 2 is 2.16 bits per heavy atom. The summed E-state index contributed by atoms with van der Waals surface area (Å²) < 4.78 is 1.50. The number of aryl methyl sites for hydroxylation is 2. The Hall–Kier alpha value is -2.09. The molecule has 1 heterocycles. The maximum atomic E-state index is 12.3. The molecule has 5 heteroatoms. The molecule has 0 saturated heterocycles. The Labute approximate surface area is 111 Å². The Morgan fingerprint density at radius 1 is 1.53 bits per heavy atom. The van der Waals surface area contributed by atoms with Crippen molar-refractivity contribution in [3.8, 4) is 6.07 Å². The van der Waals surface area contributed by atoms with Crippen LogP contribution in [0, 0.1) is 30.6 Å². The van der Waals surface area contributed by atoms with Crippen molar-refractivity contribution in [1.29, 1.82) is 5.26 Å². The van der Waals surface area contributed by atoms with Crippen LogP contribution in [0.5, 0.6) is 0 Å². The zero-order chi connectivity index (χ0) is 14.2. The van der Waals surface area contributed by atoms with Gasteiger partial charge < -0.3 is 9.67 Å². The molecule has 2 rings (SSSR count). The van der Waals surface area contributed by atoms with Crippen molar-refractivity contribution >= 4 is 5.97 Å². The van der Waals surface area contributed by atoms with Gasteiger partial charge >= 0.3 is 5.97 Å². The minimum Gasteiger partial charge on any atom is -0.477 e. The minimum absolute atomic E-state index is 0.131. The lowest BCUT2D eigenvalue weighted by molar-refractivity contribution is 0.0693. The molecule has 0 atom stereocenters. The lowest BCUT2D eigenvalue weighted by Gasteiger charge is -2.17. The van der Waals surface area contributed by atoms with Crippen molar-refractivity contribution in [2.75, 3.05) is 0 Å². The summed E-state index contributed by atoms with van der Waals surface area (Å²) in [5.41, 5.74) is 0.467. The lowest BCUT2D eigenvalue weighted by atomic mass is 10.0. The van der Waals surface area contributed by atoms with Gasteiger partial charge in [0.2, 0.25) is 0 Å². The van der Waals surface area contributed by atoms with Crippen LogP contribution < -0.4 is 5.56 Å². The first-order valence-electron chi connectivity index (χ1n) is 6.21. The molecule has 5 nitrogen and oxygen atoms in total. The van der Waals surface area contributed by atoms with Crippen LogP contribution >= 0.6 is 0 Å². The van der Waals surface area contributed by atoms with Crippen molar-refractivity contribution in [3.05, 3.63) is 33.2 Å². The van der Waals surface area contributed by atoms with E-state index < -0.39 is 11.5 Å². The average Bonchev–Trinajstić information content (AvgIpc) is 3.04. The molecule has 0 unspecified atom stereocenters. The summed E-state index contributed by atoms with van der Waals surface area (Å²) in [6.45, 7) is 3.86. The molecule has 1 aromatic rings. The van der Waals surface area contributed by atoms with Gasteiger partial charge in [0.05, 0.1) is 6.07 Å². The largest absolute Gasteiger partial charge is 0.477 e. The van der Waals surface area contributed by atoms with Crippen LogP contribution in [0.3, 0.4) is 0 Å². The number of carbonyl (C=O) groups is 1. The van der Waals surface area contributed by atoms with Gasteiger partial charge in [-0.1, -0.05) is 0 Å². The molecule has 1 saturated carbocycles. The van der Waals surface area contributed by atoms with Gasteiger partial charge in [0, 0.05) is 24.1 Å². The maximum Gasteiger partial charge on any atom is 0.341 e. The SMILES string of the molecule is Cc1cc(C)n(CC2(CC#N)CC2)c(=O)c1C(=O)O. The highest BCUT2D eigenvalue weighted by molar-refractivity contribution is 5.88. The van der Waals surface area contributed by atoms with E-state index in [1.807, 2.05) is 0 Å². The highest BCUT2D eigenvalue weighted by Gasteiger charge is 2.43. The Kier molecular flexibility index (Phi) is 3.19. The Bertz CT molecular complexity index is 633. The second-order valence-electron chi connectivity index (χ2n) is 5.38. The molecular formula is C14H16N2O3.